The smallest absolute Gasteiger partial charge is 0.141 e. The molecule has 0 bridgehead atoms. The molecule has 5 aromatic carbocycles. The molecule has 0 saturated heterocycles. The van der Waals surface area contributed by atoms with Crippen molar-refractivity contribution in [2.45, 2.75) is 19.0 Å². The van der Waals surface area contributed by atoms with Crippen molar-refractivity contribution in [2.75, 3.05) is 6.54 Å². The maximum atomic E-state index is 5.19. The highest BCUT2D eigenvalue weighted by molar-refractivity contribution is 6.04. The second kappa shape index (κ2) is 11.1. The predicted octanol–water partition coefficient (Wildman–Crippen LogP) is 8.14. The minimum Gasteiger partial charge on any atom is -0.322 e. The summed E-state index contributed by atoms with van der Waals surface area (Å²) in [7, 11) is 0. The highest BCUT2D eigenvalue weighted by atomic mass is 15.1. The number of benzene rings is 5. The van der Waals surface area contributed by atoms with Crippen LogP contribution in [-0.4, -0.2) is 21.1 Å². The summed E-state index contributed by atoms with van der Waals surface area (Å²) in [5.74, 6) is 0.957. The first-order valence-corrected chi connectivity index (χ1v) is 14.5. The normalized spacial score (nSPS) is 11.7. The first kappa shape index (κ1) is 25.9. The van der Waals surface area contributed by atoms with Crippen molar-refractivity contribution in [1.29, 1.82) is 0 Å². The summed E-state index contributed by atoms with van der Waals surface area (Å²) in [6.45, 7) is 3.49. The Bertz CT molecular complexity index is 1850. The lowest BCUT2D eigenvalue weighted by Crippen LogP contribution is -2.46. The summed E-state index contributed by atoms with van der Waals surface area (Å²) < 4.78 is 2.38. The van der Waals surface area contributed by atoms with E-state index in [1.165, 1.54) is 16.7 Å². The molecule has 4 heteroatoms. The van der Waals surface area contributed by atoms with E-state index in [0.717, 1.165) is 45.6 Å². The second-order valence-corrected chi connectivity index (χ2v) is 10.6. The third-order valence-corrected chi connectivity index (χ3v) is 8.14. The van der Waals surface area contributed by atoms with Crippen molar-refractivity contribution in [1.82, 2.24) is 19.9 Å². The molecule has 7 rings (SSSR count). The Labute approximate surface area is 246 Å². The third-order valence-electron chi connectivity index (χ3n) is 8.14. The highest BCUT2D eigenvalue weighted by Crippen LogP contribution is 2.37. The van der Waals surface area contributed by atoms with Crippen LogP contribution >= 0.6 is 0 Å². The zero-order valence-corrected chi connectivity index (χ0v) is 23.6. The van der Waals surface area contributed by atoms with E-state index in [-0.39, 0.29) is 0 Å². The zero-order chi connectivity index (χ0) is 28.4. The topological polar surface area (TPSA) is 42.7 Å². The van der Waals surface area contributed by atoms with Crippen LogP contribution in [0.4, 0.5) is 0 Å². The molecule has 0 saturated carbocycles. The Hall–Kier alpha value is -5.06. The molecular formula is C38H32N4. The van der Waals surface area contributed by atoms with Crippen molar-refractivity contribution in [3.63, 3.8) is 0 Å². The number of rotatable bonds is 8. The Kier molecular flexibility index (Phi) is 6.82. The van der Waals surface area contributed by atoms with Crippen LogP contribution in [0, 0.1) is 6.92 Å². The van der Waals surface area contributed by atoms with Gasteiger partial charge in [0.05, 0.1) is 22.3 Å². The molecule has 0 fully saturated rings. The largest absolute Gasteiger partial charge is 0.322 e. The van der Waals surface area contributed by atoms with E-state index in [1.807, 2.05) is 6.07 Å². The van der Waals surface area contributed by atoms with Gasteiger partial charge in [0.2, 0.25) is 0 Å². The molecule has 2 aromatic heterocycles. The van der Waals surface area contributed by atoms with Crippen LogP contribution in [0.1, 0.15) is 22.4 Å². The van der Waals surface area contributed by atoms with Crippen LogP contribution in [0.2, 0.25) is 0 Å². The number of aryl methyl sites for hydroxylation is 1. The van der Waals surface area contributed by atoms with Crippen LogP contribution in [-0.2, 0) is 12.1 Å². The molecule has 0 amide bonds. The van der Waals surface area contributed by atoms with Gasteiger partial charge >= 0.3 is 0 Å². The summed E-state index contributed by atoms with van der Waals surface area (Å²) in [5, 5.41) is 5.18. The lowest BCUT2D eigenvalue weighted by atomic mass is 9.77. The lowest BCUT2D eigenvalue weighted by Gasteiger charge is -2.37. The van der Waals surface area contributed by atoms with Crippen molar-refractivity contribution >= 4 is 21.9 Å². The molecule has 0 radical (unpaired) electrons. The van der Waals surface area contributed by atoms with Gasteiger partial charge in [0.25, 0.3) is 0 Å². The Morgan fingerprint density at radius 2 is 1.10 bits per heavy atom. The Morgan fingerprint density at radius 1 is 0.595 bits per heavy atom. The quantitative estimate of drug-likeness (QED) is 0.196. The van der Waals surface area contributed by atoms with E-state index >= 15 is 0 Å². The number of nitrogens with one attached hydrogen (secondary N) is 1. The lowest BCUT2D eigenvalue weighted by molar-refractivity contribution is 0.455. The number of fused-ring (bicyclic) bond motifs is 3. The molecule has 0 aliphatic heterocycles. The molecular weight excluding hydrogens is 512 g/mol. The van der Waals surface area contributed by atoms with Gasteiger partial charge in [0, 0.05) is 24.0 Å². The van der Waals surface area contributed by atoms with E-state index in [0.29, 0.717) is 6.54 Å². The fourth-order valence-electron chi connectivity index (χ4n) is 6.23. The number of aromatic nitrogens is 3. The SMILES string of the molecule is Cc1nc2ccccc2c2c1nc(-c1ccccc1)n2CCNC(c1ccccc1)(c1ccccc1)c1ccccc1. The number of pyridine rings is 1. The molecule has 0 unspecified atom stereocenters. The molecule has 0 aliphatic rings. The van der Waals surface area contributed by atoms with Gasteiger partial charge in [-0.2, -0.15) is 0 Å². The van der Waals surface area contributed by atoms with Crippen LogP contribution < -0.4 is 5.32 Å². The van der Waals surface area contributed by atoms with Crippen molar-refractivity contribution < 1.29 is 0 Å². The third kappa shape index (κ3) is 4.47. The van der Waals surface area contributed by atoms with E-state index < -0.39 is 5.54 Å². The van der Waals surface area contributed by atoms with E-state index in [9.17, 15) is 0 Å². The van der Waals surface area contributed by atoms with Gasteiger partial charge in [-0.05, 0) is 29.7 Å². The van der Waals surface area contributed by atoms with Gasteiger partial charge in [-0.15, -0.1) is 0 Å². The molecule has 1 N–H and O–H groups in total. The van der Waals surface area contributed by atoms with Gasteiger partial charge in [-0.1, -0.05) is 140 Å². The van der Waals surface area contributed by atoms with E-state index in [2.05, 4.69) is 156 Å². The van der Waals surface area contributed by atoms with Crippen LogP contribution in [0.5, 0.6) is 0 Å². The van der Waals surface area contributed by atoms with Gasteiger partial charge in [0.1, 0.15) is 11.3 Å². The summed E-state index contributed by atoms with van der Waals surface area (Å²) in [4.78, 5) is 10.1. The van der Waals surface area contributed by atoms with Crippen LogP contribution in [0.25, 0.3) is 33.3 Å². The summed E-state index contributed by atoms with van der Waals surface area (Å²) in [6, 6.07) is 51.1. The number of hydrogen-bond acceptors (Lipinski definition) is 3. The standard InChI is InChI=1S/C38H32N4/c1-28-35-36(33-24-14-15-25-34(33)40-28)42(37(41-35)29-16-6-2-7-17-29)27-26-39-38(30-18-8-3-9-19-30,31-20-10-4-11-21-31)32-22-12-5-13-23-32/h2-25,39H,26-27H2,1H3. The zero-order valence-electron chi connectivity index (χ0n) is 23.6. The predicted molar refractivity (Wildman–Crippen MR) is 172 cm³/mol. The minimum atomic E-state index is -0.535. The molecule has 2 heterocycles. The van der Waals surface area contributed by atoms with Gasteiger partial charge in [-0.3, -0.25) is 10.3 Å². The maximum Gasteiger partial charge on any atom is 0.141 e. The van der Waals surface area contributed by atoms with Crippen molar-refractivity contribution in [3.05, 3.63) is 168 Å². The molecule has 204 valence electrons. The molecule has 0 aliphatic carbocycles. The summed E-state index contributed by atoms with van der Waals surface area (Å²) >= 11 is 0. The number of nitrogens with zero attached hydrogens (tertiary/aromatic N) is 3. The Morgan fingerprint density at radius 3 is 1.67 bits per heavy atom. The monoisotopic (exact) mass is 544 g/mol. The number of hydrogen-bond donors (Lipinski definition) is 1. The minimum absolute atomic E-state index is 0.535. The van der Waals surface area contributed by atoms with E-state index in [1.54, 1.807) is 0 Å². The first-order valence-electron chi connectivity index (χ1n) is 14.5. The summed E-state index contributed by atoms with van der Waals surface area (Å²) in [5.41, 5.74) is 8.18. The fraction of sp³-hybridized carbons (Fsp3) is 0.105. The van der Waals surface area contributed by atoms with Crippen molar-refractivity contribution in [2.24, 2.45) is 0 Å². The number of para-hydroxylation sites is 1. The molecule has 0 spiro atoms. The van der Waals surface area contributed by atoms with Crippen LogP contribution in [0.15, 0.2) is 146 Å². The summed E-state index contributed by atoms with van der Waals surface area (Å²) in [6.07, 6.45) is 0. The second-order valence-electron chi connectivity index (χ2n) is 10.6. The molecule has 4 nitrogen and oxygen atoms in total. The van der Waals surface area contributed by atoms with Gasteiger partial charge < -0.3 is 4.57 Å². The highest BCUT2D eigenvalue weighted by Gasteiger charge is 2.35. The van der Waals surface area contributed by atoms with E-state index in [4.69, 9.17) is 9.97 Å². The van der Waals surface area contributed by atoms with Crippen molar-refractivity contribution in [3.8, 4) is 11.4 Å². The number of imidazole rings is 1. The molecule has 0 atom stereocenters. The molecule has 7 aromatic rings. The first-order chi connectivity index (χ1) is 20.8. The maximum absolute atomic E-state index is 5.19. The molecule has 42 heavy (non-hydrogen) atoms. The van der Waals surface area contributed by atoms with Gasteiger partial charge in [0.15, 0.2) is 0 Å². The average Bonchev–Trinajstić information content (AvgIpc) is 3.45. The average molecular weight is 545 g/mol. The van der Waals surface area contributed by atoms with Gasteiger partial charge in [-0.25, -0.2) is 4.98 Å². The van der Waals surface area contributed by atoms with Crippen LogP contribution in [0.3, 0.4) is 0 Å². The fourth-order valence-corrected chi connectivity index (χ4v) is 6.23. The Balaban J connectivity index is 1.38.